The van der Waals surface area contributed by atoms with E-state index in [0.717, 1.165) is 12.0 Å². The topological polar surface area (TPSA) is 54.9 Å². The van der Waals surface area contributed by atoms with Gasteiger partial charge in [-0.05, 0) is 6.42 Å². The molecule has 0 saturated heterocycles. The van der Waals surface area contributed by atoms with E-state index in [1.54, 1.807) is 6.20 Å². The fraction of sp³-hybridized carbons (Fsp3) is 0.375. The van der Waals surface area contributed by atoms with Gasteiger partial charge in [0.25, 0.3) is 0 Å². The molecule has 0 bridgehead atoms. The first kappa shape index (κ1) is 7.21. The summed E-state index contributed by atoms with van der Waals surface area (Å²) >= 11 is 0. The van der Waals surface area contributed by atoms with Crippen molar-refractivity contribution in [3.05, 3.63) is 18.1 Å². The predicted octanol–water partition coefficient (Wildman–Crippen LogP) is 1.17. The largest absolute Gasteiger partial charge is 0.310 e. The van der Waals surface area contributed by atoms with Crippen LogP contribution in [0.1, 0.15) is 26.3 Å². The first-order chi connectivity index (χ1) is 5.83. The Morgan fingerprint density at radius 2 is 2.58 bits per heavy atom. The quantitative estimate of drug-likeness (QED) is 0.679. The lowest BCUT2D eigenvalue weighted by Gasteiger charge is -2.01. The first-order valence-corrected chi connectivity index (χ1v) is 3.93. The number of rotatable bonds is 1. The van der Waals surface area contributed by atoms with E-state index in [2.05, 4.69) is 15.3 Å². The lowest BCUT2D eigenvalue weighted by molar-refractivity contribution is -0.117. The van der Waals surface area contributed by atoms with Gasteiger partial charge in [-0.2, -0.15) is 0 Å². The molecule has 1 aliphatic heterocycles. The standard InChI is InChI=1S/C8H9N3O.H2/c1-2-5-6-3-9-4-10-7(6)11-8(5)12;/h3-5H,2H2,1H3,(H,9,10,11,12);1H. The maximum absolute atomic E-state index is 11.3. The molecule has 2 heterocycles. The Morgan fingerprint density at radius 3 is 3.33 bits per heavy atom. The van der Waals surface area contributed by atoms with Crippen LogP contribution in [0, 0.1) is 0 Å². The van der Waals surface area contributed by atoms with Crippen LogP contribution in [0.2, 0.25) is 0 Å². The molecule has 1 aliphatic rings. The summed E-state index contributed by atoms with van der Waals surface area (Å²) in [6, 6.07) is 0. The number of nitrogens with one attached hydrogen (secondary N) is 1. The van der Waals surface area contributed by atoms with E-state index in [1.807, 2.05) is 6.92 Å². The van der Waals surface area contributed by atoms with E-state index >= 15 is 0 Å². The van der Waals surface area contributed by atoms with Crippen LogP contribution in [0.25, 0.3) is 0 Å². The Labute approximate surface area is 71.5 Å². The molecular weight excluding hydrogens is 154 g/mol. The van der Waals surface area contributed by atoms with Crippen LogP contribution in [-0.2, 0) is 4.79 Å². The van der Waals surface area contributed by atoms with E-state index in [0.29, 0.717) is 5.82 Å². The number of hydrogen-bond acceptors (Lipinski definition) is 3. The molecule has 4 heteroatoms. The van der Waals surface area contributed by atoms with Gasteiger partial charge in [0.05, 0.1) is 5.92 Å². The second-order valence-corrected chi connectivity index (χ2v) is 2.78. The van der Waals surface area contributed by atoms with E-state index < -0.39 is 0 Å². The summed E-state index contributed by atoms with van der Waals surface area (Å²) in [5, 5.41) is 2.71. The van der Waals surface area contributed by atoms with Gasteiger partial charge in [-0.25, -0.2) is 9.97 Å². The van der Waals surface area contributed by atoms with Crippen molar-refractivity contribution in [2.75, 3.05) is 5.32 Å². The minimum atomic E-state index is -0.0544. The lowest BCUT2D eigenvalue weighted by atomic mass is 10.0. The Morgan fingerprint density at radius 1 is 1.75 bits per heavy atom. The van der Waals surface area contributed by atoms with Crippen LogP contribution < -0.4 is 5.32 Å². The number of carbonyl (C=O) groups excluding carboxylic acids is 1. The number of nitrogens with zero attached hydrogens (tertiary/aromatic N) is 2. The third kappa shape index (κ3) is 0.879. The fourth-order valence-electron chi connectivity index (χ4n) is 1.45. The Hall–Kier alpha value is -1.45. The molecule has 0 spiro atoms. The molecule has 4 nitrogen and oxygen atoms in total. The van der Waals surface area contributed by atoms with Crippen LogP contribution in [0.4, 0.5) is 5.82 Å². The Kier molecular flexibility index (Phi) is 1.53. The highest BCUT2D eigenvalue weighted by Crippen LogP contribution is 2.31. The van der Waals surface area contributed by atoms with Crippen molar-refractivity contribution >= 4 is 11.7 Å². The van der Waals surface area contributed by atoms with Gasteiger partial charge in [0.15, 0.2) is 0 Å². The number of anilines is 1. The number of aromatic nitrogens is 2. The highest BCUT2D eigenvalue weighted by atomic mass is 16.2. The zero-order chi connectivity index (χ0) is 8.55. The zero-order valence-electron chi connectivity index (χ0n) is 6.74. The summed E-state index contributed by atoms with van der Waals surface area (Å²) in [5.74, 6) is 0.649. The monoisotopic (exact) mass is 165 g/mol. The van der Waals surface area contributed by atoms with Crippen molar-refractivity contribution in [1.29, 1.82) is 0 Å². The molecule has 0 fully saturated rings. The average molecular weight is 165 g/mol. The maximum Gasteiger partial charge on any atom is 0.233 e. The maximum atomic E-state index is 11.3. The minimum absolute atomic E-state index is 0. The van der Waals surface area contributed by atoms with Crippen LogP contribution in [0.3, 0.4) is 0 Å². The third-order valence-corrected chi connectivity index (χ3v) is 2.08. The van der Waals surface area contributed by atoms with Gasteiger partial charge in [0.1, 0.15) is 12.1 Å². The van der Waals surface area contributed by atoms with Crippen molar-refractivity contribution in [3.8, 4) is 0 Å². The van der Waals surface area contributed by atoms with Gasteiger partial charge < -0.3 is 5.32 Å². The minimum Gasteiger partial charge on any atom is -0.310 e. The van der Waals surface area contributed by atoms with Gasteiger partial charge in [-0.3, -0.25) is 4.79 Å². The van der Waals surface area contributed by atoms with Crippen LogP contribution in [0.5, 0.6) is 0 Å². The summed E-state index contributed by atoms with van der Waals surface area (Å²) in [5.41, 5.74) is 0.921. The molecule has 1 aromatic rings. The summed E-state index contributed by atoms with van der Waals surface area (Å²) < 4.78 is 0. The van der Waals surface area contributed by atoms with Gasteiger partial charge >= 0.3 is 0 Å². The molecule has 1 amide bonds. The zero-order valence-corrected chi connectivity index (χ0v) is 6.74. The summed E-state index contributed by atoms with van der Waals surface area (Å²) in [6.45, 7) is 1.98. The van der Waals surface area contributed by atoms with Gasteiger partial charge in [0.2, 0.25) is 5.91 Å². The second-order valence-electron chi connectivity index (χ2n) is 2.78. The molecule has 2 rings (SSSR count). The molecular formula is C8H11N3O. The molecule has 1 unspecified atom stereocenters. The molecule has 0 aliphatic carbocycles. The summed E-state index contributed by atoms with van der Waals surface area (Å²) in [7, 11) is 0. The van der Waals surface area contributed by atoms with Crippen molar-refractivity contribution in [3.63, 3.8) is 0 Å². The van der Waals surface area contributed by atoms with Crippen molar-refractivity contribution in [2.45, 2.75) is 19.3 Å². The van der Waals surface area contributed by atoms with E-state index in [1.165, 1.54) is 6.33 Å². The molecule has 0 aromatic carbocycles. The number of amides is 1. The van der Waals surface area contributed by atoms with Gasteiger partial charge in [0, 0.05) is 13.2 Å². The highest BCUT2D eigenvalue weighted by molar-refractivity contribution is 6.01. The molecule has 0 saturated carbocycles. The Balaban J connectivity index is 0.000000845. The van der Waals surface area contributed by atoms with Crippen LogP contribution in [-0.4, -0.2) is 15.9 Å². The molecule has 1 atom stereocenters. The van der Waals surface area contributed by atoms with Crippen molar-refractivity contribution in [2.24, 2.45) is 0 Å². The molecule has 12 heavy (non-hydrogen) atoms. The Bertz CT molecular complexity index is 329. The molecule has 1 N–H and O–H groups in total. The smallest absolute Gasteiger partial charge is 0.233 e. The summed E-state index contributed by atoms with van der Waals surface area (Å²) in [6.07, 6.45) is 3.94. The fourth-order valence-corrected chi connectivity index (χ4v) is 1.45. The molecule has 64 valence electrons. The molecule has 0 radical (unpaired) electrons. The second kappa shape index (κ2) is 2.55. The van der Waals surface area contributed by atoms with E-state index in [4.69, 9.17) is 0 Å². The van der Waals surface area contributed by atoms with E-state index in [9.17, 15) is 4.79 Å². The normalized spacial score (nSPS) is 20.4. The van der Waals surface area contributed by atoms with Crippen LogP contribution in [0.15, 0.2) is 12.5 Å². The van der Waals surface area contributed by atoms with Gasteiger partial charge in [-0.15, -0.1) is 0 Å². The lowest BCUT2D eigenvalue weighted by Crippen LogP contribution is -2.10. The SMILES string of the molecule is CCC1C(=O)Nc2ncncc21.[HH]. The number of carbonyl (C=O) groups is 1. The summed E-state index contributed by atoms with van der Waals surface area (Å²) in [4.78, 5) is 19.1. The number of fused-ring (bicyclic) bond motifs is 1. The predicted molar refractivity (Wildman–Crippen MR) is 45.8 cm³/mol. The van der Waals surface area contributed by atoms with Crippen LogP contribution >= 0.6 is 0 Å². The van der Waals surface area contributed by atoms with Gasteiger partial charge in [-0.1, -0.05) is 6.92 Å². The molecule has 1 aromatic heterocycles. The number of hydrogen-bond donors (Lipinski definition) is 1. The average Bonchev–Trinajstić information content (AvgIpc) is 2.40. The van der Waals surface area contributed by atoms with Crippen molar-refractivity contribution < 1.29 is 6.22 Å². The van der Waals surface area contributed by atoms with E-state index in [-0.39, 0.29) is 13.3 Å². The highest BCUT2D eigenvalue weighted by Gasteiger charge is 2.29. The third-order valence-electron chi connectivity index (χ3n) is 2.08. The first-order valence-electron chi connectivity index (χ1n) is 3.93. The van der Waals surface area contributed by atoms with Crippen molar-refractivity contribution in [1.82, 2.24) is 9.97 Å².